The number of aromatic nitrogens is 6. The quantitative estimate of drug-likeness (QED) is 0.262. The average molecular weight is 480 g/mol. The number of fused-ring (bicyclic) bond motifs is 2. The van der Waals surface area contributed by atoms with E-state index in [9.17, 15) is 9.50 Å². The minimum atomic E-state index is -0.529. The number of aromatic amines is 2. The summed E-state index contributed by atoms with van der Waals surface area (Å²) in [6, 6.07) is 13.7. The molecule has 1 aromatic carbocycles. The first-order valence-electron chi connectivity index (χ1n) is 11.6. The number of phenolic OH excluding ortho intramolecular Hbond substituents is 1. The van der Waals surface area contributed by atoms with Crippen LogP contribution in [0, 0.1) is 5.82 Å². The Morgan fingerprint density at radius 1 is 0.972 bits per heavy atom. The highest BCUT2D eigenvalue weighted by Crippen LogP contribution is 2.34. The number of benzene rings is 1. The van der Waals surface area contributed by atoms with Gasteiger partial charge >= 0.3 is 0 Å². The van der Waals surface area contributed by atoms with Crippen LogP contribution in [0.4, 0.5) is 4.39 Å². The van der Waals surface area contributed by atoms with E-state index in [4.69, 9.17) is 4.98 Å². The molecule has 0 atom stereocenters. The SMILES string of the molecule is CCNCc1cncc(-c2ccc3[nH]nc(-c4cc5c(-c6cc(O)cc(F)c6)nccc5[nH]4)c3n2)c1. The third-order valence-electron chi connectivity index (χ3n) is 6.04. The lowest BCUT2D eigenvalue weighted by molar-refractivity contribution is 0.469. The lowest BCUT2D eigenvalue weighted by Gasteiger charge is -2.05. The molecular weight excluding hydrogens is 457 g/mol. The van der Waals surface area contributed by atoms with Crippen LogP contribution in [0.1, 0.15) is 12.5 Å². The second-order valence-corrected chi connectivity index (χ2v) is 8.53. The lowest BCUT2D eigenvalue weighted by Crippen LogP contribution is -2.11. The molecule has 4 N–H and O–H groups in total. The maximum atomic E-state index is 14.0. The Kier molecular flexibility index (Phi) is 5.38. The van der Waals surface area contributed by atoms with E-state index in [1.807, 2.05) is 30.5 Å². The summed E-state index contributed by atoms with van der Waals surface area (Å²) in [7, 11) is 0. The number of rotatable bonds is 6. The molecule has 0 fully saturated rings. The molecule has 6 rings (SSSR count). The second kappa shape index (κ2) is 8.86. The number of halogens is 1. The molecule has 0 amide bonds. The van der Waals surface area contributed by atoms with Gasteiger partial charge in [-0.15, -0.1) is 0 Å². The normalized spacial score (nSPS) is 11.5. The van der Waals surface area contributed by atoms with E-state index in [0.29, 0.717) is 22.5 Å². The van der Waals surface area contributed by atoms with Gasteiger partial charge < -0.3 is 15.4 Å². The highest BCUT2D eigenvalue weighted by atomic mass is 19.1. The van der Waals surface area contributed by atoms with Crippen molar-refractivity contribution in [1.82, 2.24) is 35.5 Å². The van der Waals surface area contributed by atoms with Gasteiger partial charge in [-0.3, -0.25) is 15.1 Å². The summed E-state index contributed by atoms with van der Waals surface area (Å²) in [6.07, 6.45) is 5.30. The summed E-state index contributed by atoms with van der Waals surface area (Å²) in [6.45, 7) is 3.69. The van der Waals surface area contributed by atoms with Gasteiger partial charge in [-0.05, 0) is 54.6 Å². The van der Waals surface area contributed by atoms with Gasteiger partial charge in [0.25, 0.3) is 0 Å². The van der Waals surface area contributed by atoms with Crippen LogP contribution < -0.4 is 5.32 Å². The predicted octanol–water partition coefficient (Wildman–Crippen LogP) is 5.18. The smallest absolute Gasteiger partial charge is 0.135 e. The topological polar surface area (TPSA) is 115 Å². The zero-order valence-electron chi connectivity index (χ0n) is 19.4. The minimum Gasteiger partial charge on any atom is -0.508 e. The van der Waals surface area contributed by atoms with Crippen molar-refractivity contribution in [3.8, 4) is 39.7 Å². The molecule has 0 aliphatic rings. The van der Waals surface area contributed by atoms with Crippen LogP contribution in [0.3, 0.4) is 0 Å². The molecule has 5 heterocycles. The monoisotopic (exact) mass is 479 g/mol. The first-order valence-corrected chi connectivity index (χ1v) is 11.6. The highest BCUT2D eigenvalue weighted by molar-refractivity contribution is 5.99. The van der Waals surface area contributed by atoms with Crippen LogP contribution in [0.25, 0.3) is 55.8 Å². The fraction of sp³-hybridized carbons (Fsp3) is 0.111. The Balaban J connectivity index is 1.44. The van der Waals surface area contributed by atoms with Crippen molar-refractivity contribution >= 4 is 21.9 Å². The van der Waals surface area contributed by atoms with Crippen molar-refractivity contribution in [1.29, 1.82) is 0 Å². The first-order chi connectivity index (χ1) is 17.6. The number of nitrogens with one attached hydrogen (secondary N) is 3. The number of phenols is 1. The summed E-state index contributed by atoms with van der Waals surface area (Å²) in [5, 5.41) is 21.5. The molecule has 8 nitrogen and oxygen atoms in total. The maximum absolute atomic E-state index is 14.0. The van der Waals surface area contributed by atoms with Crippen LogP contribution >= 0.6 is 0 Å². The molecule has 0 spiro atoms. The molecule has 36 heavy (non-hydrogen) atoms. The van der Waals surface area contributed by atoms with Gasteiger partial charge in [0, 0.05) is 53.2 Å². The second-order valence-electron chi connectivity index (χ2n) is 8.53. The Morgan fingerprint density at radius 2 is 1.89 bits per heavy atom. The Hall–Kier alpha value is -4.63. The zero-order valence-corrected chi connectivity index (χ0v) is 19.4. The van der Waals surface area contributed by atoms with E-state index in [1.165, 1.54) is 12.1 Å². The fourth-order valence-electron chi connectivity index (χ4n) is 4.36. The molecule has 0 unspecified atom stereocenters. The zero-order chi connectivity index (χ0) is 24.6. The first kappa shape index (κ1) is 21.9. The molecule has 0 aliphatic carbocycles. The van der Waals surface area contributed by atoms with Crippen LogP contribution in [0.2, 0.25) is 0 Å². The number of pyridine rings is 3. The van der Waals surface area contributed by atoms with E-state index in [2.05, 4.69) is 43.5 Å². The van der Waals surface area contributed by atoms with Gasteiger partial charge in [0.2, 0.25) is 0 Å². The molecular formula is C27H22FN7O. The largest absolute Gasteiger partial charge is 0.508 e. The van der Waals surface area contributed by atoms with Crippen LogP contribution in [0.15, 0.2) is 67.1 Å². The summed E-state index contributed by atoms with van der Waals surface area (Å²) >= 11 is 0. The van der Waals surface area contributed by atoms with E-state index < -0.39 is 5.82 Å². The summed E-state index contributed by atoms with van der Waals surface area (Å²) in [4.78, 5) is 17.1. The summed E-state index contributed by atoms with van der Waals surface area (Å²) < 4.78 is 14.0. The predicted molar refractivity (Wildman–Crippen MR) is 137 cm³/mol. The molecule has 5 aromatic heterocycles. The van der Waals surface area contributed by atoms with E-state index in [-0.39, 0.29) is 5.75 Å². The van der Waals surface area contributed by atoms with Gasteiger partial charge in [0.05, 0.1) is 22.6 Å². The number of hydrogen-bond donors (Lipinski definition) is 4. The molecule has 178 valence electrons. The van der Waals surface area contributed by atoms with Crippen LogP contribution in [-0.2, 0) is 6.54 Å². The number of aromatic hydroxyl groups is 1. The van der Waals surface area contributed by atoms with E-state index >= 15 is 0 Å². The van der Waals surface area contributed by atoms with Crippen LogP contribution in [-0.4, -0.2) is 41.8 Å². The van der Waals surface area contributed by atoms with E-state index in [1.54, 1.807) is 12.4 Å². The molecule has 0 saturated heterocycles. The standard InChI is InChI=1S/C27H22FN7O/c1-2-29-12-15-7-17(14-30-13-15)21-3-4-23-26(33-21)27(35-34-23)24-11-20-22(32-24)5-6-31-25(20)16-8-18(28)10-19(36)9-16/h3-11,13-14,29,32,36H,2,12H2,1H3,(H,34,35). The van der Waals surface area contributed by atoms with Gasteiger partial charge in [-0.1, -0.05) is 6.92 Å². The van der Waals surface area contributed by atoms with Crippen molar-refractivity contribution in [3.63, 3.8) is 0 Å². The molecule has 9 heteroatoms. The fourth-order valence-corrected chi connectivity index (χ4v) is 4.36. The summed E-state index contributed by atoms with van der Waals surface area (Å²) in [5.74, 6) is -0.683. The number of nitrogens with zero attached hydrogens (tertiary/aromatic N) is 4. The van der Waals surface area contributed by atoms with Gasteiger partial charge in [-0.2, -0.15) is 5.10 Å². The average Bonchev–Trinajstić information content (AvgIpc) is 3.50. The van der Waals surface area contributed by atoms with E-state index in [0.717, 1.165) is 58.1 Å². The third-order valence-corrected chi connectivity index (χ3v) is 6.04. The van der Waals surface area contributed by atoms with Crippen molar-refractivity contribution in [3.05, 3.63) is 78.5 Å². The highest BCUT2D eigenvalue weighted by Gasteiger charge is 2.16. The molecule has 0 radical (unpaired) electrons. The summed E-state index contributed by atoms with van der Waals surface area (Å²) in [5.41, 5.74) is 7.59. The van der Waals surface area contributed by atoms with Crippen molar-refractivity contribution < 1.29 is 9.50 Å². The van der Waals surface area contributed by atoms with Crippen molar-refractivity contribution in [2.75, 3.05) is 6.54 Å². The molecule has 0 aliphatic heterocycles. The lowest BCUT2D eigenvalue weighted by atomic mass is 10.1. The maximum Gasteiger partial charge on any atom is 0.135 e. The Labute approximate surface area is 205 Å². The molecule has 0 saturated carbocycles. The van der Waals surface area contributed by atoms with Crippen LogP contribution in [0.5, 0.6) is 5.75 Å². The number of hydrogen-bond acceptors (Lipinski definition) is 6. The van der Waals surface area contributed by atoms with Crippen molar-refractivity contribution in [2.24, 2.45) is 0 Å². The van der Waals surface area contributed by atoms with Gasteiger partial charge in [0.15, 0.2) is 0 Å². The van der Waals surface area contributed by atoms with Gasteiger partial charge in [-0.25, -0.2) is 9.37 Å². The molecule has 0 bridgehead atoms. The van der Waals surface area contributed by atoms with Crippen molar-refractivity contribution in [2.45, 2.75) is 13.5 Å². The Bertz CT molecular complexity index is 1700. The third kappa shape index (κ3) is 3.95. The number of H-pyrrole nitrogens is 2. The minimum absolute atomic E-state index is 0.154. The Morgan fingerprint density at radius 3 is 2.75 bits per heavy atom. The van der Waals surface area contributed by atoms with Gasteiger partial charge in [0.1, 0.15) is 22.8 Å². The molecule has 6 aromatic rings.